The third-order valence-corrected chi connectivity index (χ3v) is 5.30. The molecule has 3 aromatic rings. The second-order valence-corrected chi connectivity index (χ2v) is 7.67. The number of aromatic nitrogens is 2. The number of nitrogens with zero attached hydrogens (tertiary/aromatic N) is 4. The fourth-order valence-corrected chi connectivity index (χ4v) is 3.66. The van der Waals surface area contributed by atoms with Gasteiger partial charge in [-0.25, -0.2) is 8.78 Å². The molecule has 1 fully saturated rings. The molecule has 166 valence electrons. The molecular weight excluding hydrogens is 428 g/mol. The monoisotopic (exact) mass is 447 g/mol. The SMILES string of the molecule is N#C[C@@H]1CC(F)(F)CN1C(=O)CNC(=O)c1ccncc1/C=C/c1cnc2ccccc2c1. The lowest BCUT2D eigenvalue weighted by Gasteiger charge is -2.19. The summed E-state index contributed by atoms with van der Waals surface area (Å²) in [6.45, 7) is -1.32. The van der Waals surface area contributed by atoms with Gasteiger partial charge in [0.05, 0.1) is 24.7 Å². The van der Waals surface area contributed by atoms with E-state index < -0.39 is 43.3 Å². The molecule has 7 nitrogen and oxygen atoms in total. The first-order valence-corrected chi connectivity index (χ1v) is 10.2. The van der Waals surface area contributed by atoms with Crippen molar-refractivity contribution in [3.63, 3.8) is 0 Å². The fourth-order valence-electron chi connectivity index (χ4n) is 3.66. The van der Waals surface area contributed by atoms with Crippen molar-refractivity contribution >= 4 is 34.9 Å². The molecule has 1 N–H and O–H groups in total. The van der Waals surface area contributed by atoms with E-state index in [0.717, 1.165) is 21.4 Å². The van der Waals surface area contributed by atoms with E-state index in [-0.39, 0.29) is 5.56 Å². The molecule has 0 spiro atoms. The molecule has 4 rings (SSSR count). The lowest BCUT2D eigenvalue weighted by molar-refractivity contribution is -0.131. The normalized spacial score (nSPS) is 17.2. The molecule has 0 aliphatic carbocycles. The van der Waals surface area contributed by atoms with Gasteiger partial charge in [0.25, 0.3) is 11.8 Å². The van der Waals surface area contributed by atoms with Gasteiger partial charge in [-0.2, -0.15) is 5.26 Å². The number of hydrogen-bond donors (Lipinski definition) is 1. The van der Waals surface area contributed by atoms with Gasteiger partial charge in [0.15, 0.2) is 0 Å². The average Bonchev–Trinajstić information content (AvgIpc) is 3.15. The van der Waals surface area contributed by atoms with Crippen LogP contribution in [0.25, 0.3) is 23.1 Å². The molecular formula is C24H19F2N5O2. The van der Waals surface area contributed by atoms with Crippen molar-refractivity contribution in [1.29, 1.82) is 5.26 Å². The Bertz CT molecular complexity index is 1290. The first kappa shape index (κ1) is 22.0. The van der Waals surface area contributed by atoms with Gasteiger partial charge in [-0.15, -0.1) is 0 Å². The Morgan fingerprint density at radius 2 is 2.06 bits per heavy atom. The Kier molecular flexibility index (Phi) is 6.09. The van der Waals surface area contributed by atoms with E-state index in [0.29, 0.717) is 5.56 Å². The number of para-hydroxylation sites is 1. The van der Waals surface area contributed by atoms with E-state index in [9.17, 15) is 18.4 Å². The van der Waals surface area contributed by atoms with E-state index in [4.69, 9.17) is 5.26 Å². The number of rotatable bonds is 5. The van der Waals surface area contributed by atoms with E-state index >= 15 is 0 Å². The van der Waals surface area contributed by atoms with Crippen LogP contribution in [0.15, 0.2) is 55.0 Å². The largest absolute Gasteiger partial charge is 0.343 e. The van der Waals surface area contributed by atoms with Crippen LogP contribution < -0.4 is 5.32 Å². The molecule has 1 aliphatic heterocycles. The number of nitrogens with one attached hydrogen (secondary N) is 1. The van der Waals surface area contributed by atoms with Crippen molar-refractivity contribution in [2.75, 3.05) is 13.1 Å². The first-order chi connectivity index (χ1) is 15.9. The molecule has 1 atom stereocenters. The van der Waals surface area contributed by atoms with Crippen LogP contribution in [0.4, 0.5) is 8.78 Å². The molecule has 9 heteroatoms. The highest BCUT2D eigenvalue weighted by atomic mass is 19.3. The number of fused-ring (bicyclic) bond motifs is 1. The van der Waals surface area contributed by atoms with Crippen molar-refractivity contribution in [2.45, 2.75) is 18.4 Å². The van der Waals surface area contributed by atoms with Gasteiger partial charge in [-0.1, -0.05) is 30.4 Å². The summed E-state index contributed by atoms with van der Waals surface area (Å²) in [6, 6.07) is 11.7. The predicted molar refractivity (Wildman–Crippen MR) is 118 cm³/mol. The number of halogens is 2. The zero-order chi connectivity index (χ0) is 23.4. The number of amides is 2. The van der Waals surface area contributed by atoms with Crippen molar-refractivity contribution in [3.8, 4) is 6.07 Å². The van der Waals surface area contributed by atoms with Gasteiger partial charge >= 0.3 is 0 Å². The van der Waals surface area contributed by atoms with Gasteiger partial charge in [-0.05, 0) is 23.8 Å². The Hall–Kier alpha value is -4.19. The minimum atomic E-state index is -3.11. The summed E-state index contributed by atoms with van der Waals surface area (Å²) < 4.78 is 27.1. The van der Waals surface area contributed by atoms with Crippen LogP contribution in [0.2, 0.25) is 0 Å². The van der Waals surface area contributed by atoms with Crippen LogP contribution in [0.5, 0.6) is 0 Å². The highest BCUT2D eigenvalue weighted by molar-refractivity contribution is 6.00. The Labute approximate surface area is 188 Å². The van der Waals surface area contributed by atoms with Crippen molar-refractivity contribution in [1.82, 2.24) is 20.2 Å². The Balaban J connectivity index is 1.45. The van der Waals surface area contributed by atoms with Crippen LogP contribution in [-0.4, -0.2) is 51.7 Å². The van der Waals surface area contributed by atoms with Crippen molar-refractivity contribution < 1.29 is 18.4 Å². The van der Waals surface area contributed by atoms with Gasteiger partial charge in [0, 0.05) is 41.5 Å². The number of likely N-dealkylation sites (tertiary alicyclic amines) is 1. The minimum Gasteiger partial charge on any atom is -0.343 e. The van der Waals surface area contributed by atoms with Gasteiger partial charge in [0.1, 0.15) is 6.04 Å². The Morgan fingerprint density at radius 1 is 1.24 bits per heavy atom. The summed E-state index contributed by atoms with van der Waals surface area (Å²) >= 11 is 0. The summed E-state index contributed by atoms with van der Waals surface area (Å²) in [6.07, 6.45) is 7.47. The second-order valence-electron chi connectivity index (χ2n) is 7.67. The predicted octanol–water partition coefficient (Wildman–Crippen LogP) is 3.29. The molecule has 0 unspecified atom stereocenters. The molecule has 1 aliphatic rings. The molecule has 0 radical (unpaired) electrons. The summed E-state index contributed by atoms with van der Waals surface area (Å²) in [4.78, 5) is 34.3. The molecule has 1 aromatic carbocycles. The third-order valence-electron chi connectivity index (χ3n) is 5.30. The molecule has 3 heterocycles. The first-order valence-electron chi connectivity index (χ1n) is 10.2. The number of pyridine rings is 2. The van der Waals surface area contributed by atoms with Crippen LogP contribution in [0.1, 0.15) is 27.9 Å². The van der Waals surface area contributed by atoms with Crippen molar-refractivity contribution in [2.24, 2.45) is 0 Å². The standard InChI is InChI=1S/C24H19F2N5O2/c25-24(26)10-19(11-27)31(15-24)22(32)14-30-23(33)20-7-8-28-13-18(20)6-5-16-9-17-3-1-2-4-21(17)29-12-16/h1-9,12-13,19H,10,14-15H2,(H,30,33)/b6-5+/t19-/m0/s1. The molecule has 2 amide bonds. The van der Waals surface area contributed by atoms with Gasteiger partial charge in [0.2, 0.25) is 5.91 Å². The van der Waals surface area contributed by atoms with E-state index in [2.05, 4.69) is 15.3 Å². The number of benzene rings is 1. The number of alkyl halides is 2. The maximum absolute atomic E-state index is 13.6. The molecule has 0 bridgehead atoms. The third kappa shape index (κ3) is 5.01. The summed E-state index contributed by atoms with van der Waals surface area (Å²) in [5.74, 6) is -4.40. The van der Waals surface area contributed by atoms with Crippen LogP contribution in [0.3, 0.4) is 0 Å². The summed E-state index contributed by atoms with van der Waals surface area (Å²) in [5.41, 5.74) is 2.48. The number of carbonyl (C=O) groups excluding carboxylic acids is 2. The van der Waals surface area contributed by atoms with E-state index in [1.807, 2.05) is 30.3 Å². The topological polar surface area (TPSA) is 99.0 Å². The van der Waals surface area contributed by atoms with Crippen molar-refractivity contribution in [3.05, 3.63) is 71.7 Å². The lowest BCUT2D eigenvalue weighted by atomic mass is 10.1. The lowest BCUT2D eigenvalue weighted by Crippen LogP contribution is -2.43. The van der Waals surface area contributed by atoms with E-state index in [1.165, 1.54) is 18.5 Å². The molecule has 1 saturated heterocycles. The molecule has 0 saturated carbocycles. The van der Waals surface area contributed by atoms with Crippen LogP contribution >= 0.6 is 0 Å². The van der Waals surface area contributed by atoms with Crippen LogP contribution in [0, 0.1) is 11.3 Å². The number of carbonyl (C=O) groups is 2. The number of nitriles is 1. The van der Waals surface area contributed by atoms with Crippen LogP contribution in [-0.2, 0) is 4.79 Å². The van der Waals surface area contributed by atoms with Gasteiger partial charge < -0.3 is 10.2 Å². The molecule has 2 aromatic heterocycles. The maximum Gasteiger partial charge on any atom is 0.268 e. The smallest absolute Gasteiger partial charge is 0.268 e. The quantitative estimate of drug-likeness (QED) is 0.647. The second kappa shape index (κ2) is 9.12. The number of hydrogen-bond acceptors (Lipinski definition) is 5. The Morgan fingerprint density at radius 3 is 2.88 bits per heavy atom. The van der Waals surface area contributed by atoms with Gasteiger partial charge in [-0.3, -0.25) is 19.6 Å². The zero-order valence-corrected chi connectivity index (χ0v) is 17.4. The zero-order valence-electron chi connectivity index (χ0n) is 17.4. The highest BCUT2D eigenvalue weighted by Crippen LogP contribution is 2.31. The minimum absolute atomic E-state index is 0.270. The fraction of sp³-hybridized carbons (Fsp3) is 0.208. The van der Waals surface area contributed by atoms with E-state index in [1.54, 1.807) is 24.4 Å². The maximum atomic E-state index is 13.6. The molecule has 33 heavy (non-hydrogen) atoms. The summed E-state index contributed by atoms with van der Waals surface area (Å²) in [5, 5.41) is 12.5. The highest BCUT2D eigenvalue weighted by Gasteiger charge is 2.47. The summed E-state index contributed by atoms with van der Waals surface area (Å²) in [7, 11) is 0. The average molecular weight is 447 g/mol.